The van der Waals surface area contributed by atoms with E-state index in [1.54, 1.807) is 0 Å². The van der Waals surface area contributed by atoms with Crippen LogP contribution in [0.2, 0.25) is 0 Å². The summed E-state index contributed by atoms with van der Waals surface area (Å²) in [6.07, 6.45) is 12.1. The van der Waals surface area contributed by atoms with Gasteiger partial charge in [0.1, 0.15) is 11.5 Å². The predicted octanol–water partition coefficient (Wildman–Crippen LogP) is 5.51. The zero-order valence-corrected chi connectivity index (χ0v) is 16.1. The molecule has 0 spiro atoms. The molecule has 0 aliphatic carbocycles. The fourth-order valence-corrected chi connectivity index (χ4v) is 3.07. The van der Waals surface area contributed by atoms with Crippen molar-refractivity contribution in [2.24, 2.45) is 0 Å². The third-order valence-corrected chi connectivity index (χ3v) is 4.76. The Morgan fingerprint density at radius 3 is 2.28 bits per heavy atom. The second-order valence-corrected chi connectivity index (χ2v) is 7.48. The van der Waals surface area contributed by atoms with E-state index in [1.807, 2.05) is 19.1 Å². The first-order chi connectivity index (χ1) is 11.9. The van der Waals surface area contributed by atoms with E-state index in [9.17, 15) is 9.90 Å². The molecule has 1 heterocycles. The van der Waals surface area contributed by atoms with Crippen LogP contribution in [0.15, 0.2) is 16.5 Å². The lowest BCUT2D eigenvalue weighted by atomic mass is 9.93. The highest BCUT2D eigenvalue weighted by molar-refractivity contribution is 5.66. The number of furan rings is 1. The smallest absolute Gasteiger partial charge is 0.303 e. The number of aliphatic hydroxyl groups is 1. The average molecular weight is 353 g/mol. The molecule has 0 bridgehead atoms. The summed E-state index contributed by atoms with van der Waals surface area (Å²) in [6.45, 7) is 4.10. The zero-order valence-electron chi connectivity index (χ0n) is 16.1. The fourth-order valence-electron chi connectivity index (χ4n) is 3.07. The Labute approximate surface area is 152 Å². The van der Waals surface area contributed by atoms with Gasteiger partial charge in [0, 0.05) is 19.3 Å². The van der Waals surface area contributed by atoms with E-state index in [0.717, 1.165) is 75.7 Å². The molecule has 4 heteroatoms. The molecule has 0 aromatic carbocycles. The van der Waals surface area contributed by atoms with Gasteiger partial charge in [-0.3, -0.25) is 4.79 Å². The molecule has 0 saturated heterocycles. The Hall–Kier alpha value is -1.29. The van der Waals surface area contributed by atoms with Crippen LogP contribution in [0.1, 0.15) is 96.0 Å². The van der Waals surface area contributed by atoms with E-state index >= 15 is 0 Å². The van der Waals surface area contributed by atoms with Gasteiger partial charge in [-0.15, -0.1) is 0 Å². The van der Waals surface area contributed by atoms with Crippen molar-refractivity contribution in [3.8, 4) is 0 Å². The molecule has 1 rings (SSSR count). The summed E-state index contributed by atoms with van der Waals surface area (Å²) in [5.74, 6) is 1.28. The van der Waals surface area contributed by atoms with Crippen LogP contribution >= 0.6 is 0 Å². The molecule has 0 amide bonds. The van der Waals surface area contributed by atoms with E-state index in [1.165, 1.54) is 12.8 Å². The third-order valence-electron chi connectivity index (χ3n) is 4.76. The molecule has 0 saturated carbocycles. The largest absolute Gasteiger partial charge is 0.481 e. The maximum atomic E-state index is 10.4. The summed E-state index contributed by atoms with van der Waals surface area (Å²) < 4.78 is 5.88. The van der Waals surface area contributed by atoms with Gasteiger partial charge in [0.05, 0.1) is 5.60 Å². The minimum Gasteiger partial charge on any atom is -0.481 e. The van der Waals surface area contributed by atoms with Crippen molar-refractivity contribution in [1.29, 1.82) is 0 Å². The van der Waals surface area contributed by atoms with Gasteiger partial charge < -0.3 is 14.6 Å². The Bertz CT molecular complexity index is 476. The molecule has 144 valence electrons. The molecule has 1 unspecified atom stereocenters. The summed E-state index contributed by atoms with van der Waals surface area (Å²) >= 11 is 0. The van der Waals surface area contributed by atoms with Gasteiger partial charge in [0.25, 0.3) is 0 Å². The molecule has 2 N–H and O–H groups in total. The Morgan fingerprint density at radius 1 is 0.960 bits per heavy atom. The van der Waals surface area contributed by atoms with Gasteiger partial charge >= 0.3 is 5.97 Å². The molecule has 0 radical (unpaired) electrons. The minimum atomic E-state index is -0.701. The van der Waals surface area contributed by atoms with Crippen LogP contribution < -0.4 is 0 Å². The number of hydrogen-bond donors (Lipinski definition) is 2. The topological polar surface area (TPSA) is 70.7 Å². The van der Waals surface area contributed by atoms with Crippen LogP contribution in [0.4, 0.5) is 0 Å². The summed E-state index contributed by atoms with van der Waals surface area (Å²) in [7, 11) is 0. The number of carbonyl (C=O) groups is 1. The maximum absolute atomic E-state index is 10.4. The molecular formula is C21H36O4. The van der Waals surface area contributed by atoms with Crippen LogP contribution in [0.5, 0.6) is 0 Å². The first kappa shape index (κ1) is 21.8. The first-order valence-electron chi connectivity index (χ1n) is 9.95. The van der Waals surface area contributed by atoms with Crippen LogP contribution in [-0.4, -0.2) is 21.8 Å². The SMILES string of the molecule is CCCCCC(C)(O)CCc1ccc(CCCCCCCC(=O)O)o1. The molecular weight excluding hydrogens is 316 g/mol. The van der Waals surface area contributed by atoms with E-state index in [2.05, 4.69) is 6.92 Å². The summed E-state index contributed by atoms with van der Waals surface area (Å²) in [6, 6.07) is 4.08. The quantitative estimate of drug-likeness (QED) is 0.408. The lowest BCUT2D eigenvalue weighted by Gasteiger charge is -2.22. The number of hydrogen-bond acceptors (Lipinski definition) is 3. The number of unbranched alkanes of at least 4 members (excludes halogenated alkanes) is 6. The molecule has 0 aliphatic rings. The van der Waals surface area contributed by atoms with Gasteiger partial charge in [-0.05, 0) is 44.7 Å². The van der Waals surface area contributed by atoms with Crippen LogP contribution in [-0.2, 0) is 17.6 Å². The molecule has 1 aromatic rings. The lowest BCUT2D eigenvalue weighted by Crippen LogP contribution is -2.24. The summed E-state index contributed by atoms with van der Waals surface area (Å²) in [4.78, 5) is 10.4. The second-order valence-electron chi connectivity index (χ2n) is 7.48. The monoisotopic (exact) mass is 352 g/mol. The normalized spacial score (nSPS) is 13.7. The van der Waals surface area contributed by atoms with E-state index in [0.29, 0.717) is 0 Å². The highest BCUT2D eigenvalue weighted by atomic mass is 16.4. The van der Waals surface area contributed by atoms with Crippen LogP contribution in [0.25, 0.3) is 0 Å². The van der Waals surface area contributed by atoms with Gasteiger partial charge in [0.15, 0.2) is 0 Å². The standard InChI is InChI=1S/C21H36O4/c1-3-4-10-16-21(2,24)17-15-19-14-13-18(25-19)11-8-6-5-7-9-12-20(22)23/h13-14,24H,3-12,15-17H2,1-2H3,(H,22,23). The molecule has 1 aromatic heterocycles. The highest BCUT2D eigenvalue weighted by Crippen LogP contribution is 2.22. The average Bonchev–Trinajstić information content (AvgIpc) is 3.00. The molecule has 0 fully saturated rings. The summed E-state index contributed by atoms with van der Waals surface area (Å²) in [5, 5.41) is 19.0. The molecule has 4 nitrogen and oxygen atoms in total. The first-order valence-corrected chi connectivity index (χ1v) is 9.95. The van der Waals surface area contributed by atoms with E-state index in [4.69, 9.17) is 9.52 Å². The number of aliphatic carboxylic acids is 1. The maximum Gasteiger partial charge on any atom is 0.303 e. The molecule has 1 atom stereocenters. The highest BCUT2D eigenvalue weighted by Gasteiger charge is 2.20. The molecule has 0 aliphatic heterocycles. The minimum absolute atomic E-state index is 0.282. The second kappa shape index (κ2) is 12.1. The Morgan fingerprint density at radius 2 is 1.60 bits per heavy atom. The van der Waals surface area contributed by atoms with Crippen molar-refractivity contribution in [1.82, 2.24) is 0 Å². The predicted molar refractivity (Wildman–Crippen MR) is 101 cm³/mol. The number of carboxylic acids is 1. The van der Waals surface area contributed by atoms with Crippen molar-refractivity contribution < 1.29 is 19.4 Å². The van der Waals surface area contributed by atoms with Crippen LogP contribution in [0, 0.1) is 0 Å². The van der Waals surface area contributed by atoms with Crippen molar-refractivity contribution in [2.45, 2.75) is 103 Å². The van der Waals surface area contributed by atoms with Gasteiger partial charge in [-0.1, -0.05) is 45.4 Å². The van der Waals surface area contributed by atoms with Crippen molar-refractivity contribution >= 4 is 5.97 Å². The zero-order chi connectivity index (χ0) is 18.5. The van der Waals surface area contributed by atoms with Gasteiger partial charge in [-0.25, -0.2) is 0 Å². The van der Waals surface area contributed by atoms with E-state index in [-0.39, 0.29) is 6.42 Å². The van der Waals surface area contributed by atoms with Crippen molar-refractivity contribution in [3.63, 3.8) is 0 Å². The van der Waals surface area contributed by atoms with Crippen molar-refractivity contribution in [3.05, 3.63) is 23.7 Å². The Balaban J connectivity index is 2.16. The number of rotatable bonds is 15. The molecule has 25 heavy (non-hydrogen) atoms. The third kappa shape index (κ3) is 11.0. The van der Waals surface area contributed by atoms with Crippen LogP contribution in [0.3, 0.4) is 0 Å². The Kier molecular flexibility index (Phi) is 10.6. The fraction of sp³-hybridized carbons (Fsp3) is 0.762. The number of carboxylic acid groups (broad SMARTS) is 1. The van der Waals surface area contributed by atoms with Gasteiger partial charge in [-0.2, -0.15) is 0 Å². The van der Waals surface area contributed by atoms with E-state index < -0.39 is 11.6 Å². The van der Waals surface area contributed by atoms with Gasteiger partial charge in [0.2, 0.25) is 0 Å². The number of aryl methyl sites for hydroxylation is 2. The van der Waals surface area contributed by atoms with Crippen molar-refractivity contribution in [2.75, 3.05) is 0 Å². The lowest BCUT2D eigenvalue weighted by molar-refractivity contribution is -0.137. The summed E-state index contributed by atoms with van der Waals surface area (Å²) in [5.41, 5.74) is -0.599.